The maximum absolute atomic E-state index is 11.1. The van der Waals surface area contributed by atoms with E-state index in [4.69, 9.17) is 5.11 Å². The van der Waals surface area contributed by atoms with Crippen LogP contribution in [0, 0.1) is 11.8 Å². The predicted molar refractivity (Wildman–Crippen MR) is 38.6 cm³/mol. The largest absolute Gasteiger partial charge is 0.396 e. The average Bonchev–Trinajstić information content (AvgIpc) is 1.88. The second-order valence-electron chi connectivity index (χ2n) is 3.12. The van der Waals surface area contributed by atoms with Gasteiger partial charge in [-0.05, 0) is 18.8 Å². The number of aliphatic hydroxyl groups excluding tert-OH is 1. The van der Waals surface area contributed by atoms with Crippen molar-refractivity contribution < 1.29 is 9.90 Å². The Morgan fingerprint density at radius 3 is 2.80 bits per heavy atom. The summed E-state index contributed by atoms with van der Waals surface area (Å²) in [6.07, 6.45) is 2.78. The van der Waals surface area contributed by atoms with Gasteiger partial charge in [-0.1, -0.05) is 6.92 Å². The molecule has 0 aromatic rings. The quantitative estimate of drug-likeness (QED) is 0.592. The van der Waals surface area contributed by atoms with Crippen molar-refractivity contribution in [3.63, 3.8) is 0 Å². The summed E-state index contributed by atoms with van der Waals surface area (Å²) in [5.41, 5.74) is 0. The summed E-state index contributed by atoms with van der Waals surface area (Å²) in [7, 11) is 0. The fourth-order valence-electron chi connectivity index (χ4n) is 1.58. The highest BCUT2D eigenvalue weighted by Gasteiger charge is 2.27. The molecule has 2 unspecified atom stereocenters. The van der Waals surface area contributed by atoms with Crippen molar-refractivity contribution in [2.45, 2.75) is 26.2 Å². The van der Waals surface area contributed by atoms with E-state index in [1.807, 2.05) is 6.92 Å². The summed E-state index contributed by atoms with van der Waals surface area (Å²) in [5.74, 6) is 0.584. The summed E-state index contributed by atoms with van der Waals surface area (Å²) in [6, 6.07) is 0. The number of ketones is 1. The highest BCUT2D eigenvalue weighted by atomic mass is 16.3. The predicted octanol–water partition coefficient (Wildman–Crippen LogP) is 0.984. The molecule has 0 amide bonds. The first kappa shape index (κ1) is 7.73. The Bertz CT molecular complexity index is 131. The summed E-state index contributed by atoms with van der Waals surface area (Å²) in [6.45, 7) is 2.08. The van der Waals surface area contributed by atoms with E-state index in [-0.39, 0.29) is 18.3 Å². The van der Waals surface area contributed by atoms with Crippen molar-refractivity contribution >= 4 is 5.78 Å². The molecule has 1 aliphatic rings. The summed E-state index contributed by atoms with van der Waals surface area (Å²) < 4.78 is 0. The highest BCUT2D eigenvalue weighted by molar-refractivity contribution is 5.82. The fourth-order valence-corrected chi connectivity index (χ4v) is 1.58. The number of rotatable bonds is 1. The van der Waals surface area contributed by atoms with E-state index in [9.17, 15) is 4.79 Å². The monoisotopic (exact) mass is 142 g/mol. The van der Waals surface area contributed by atoms with Crippen LogP contribution >= 0.6 is 0 Å². The second kappa shape index (κ2) is 3.15. The summed E-state index contributed by atoms with van der Waals surface area (Å²) >= 11 is 0. The molecular formula is C8H14O2. The number of hydrogen-bond donors (Lipinski definition) is 1. The van der Waals surface area contributed by atoms with Gasteiger partial charge >= 0.3 is 0 Å². The third-order valence-electron chi connectivity index (χ3n) is 2.38. The first-order valence-electron chi connectivity index (χ1n) is 3.89. The van der Waals surface area contributed by atoms with Gasteiger partial charge in [0.05, 0.1) is 6.61 Å². The van der Waals surface area contributed by atoms with Gasteiger partial charge in [0, 0.05) is 12.3 Å². The summed E-state index contributed by atoms with van der Waals surface area (Å²) in [5, 5.41) is 8.81. The maximum atomic E-state index is 11.1. The van der Waals surface area contributed by atoms with Gasteiger partial charge in [-0.25, -0.2) is 0 Å². The minimum Gasteiger partial charge on any atom is -0.396 e. The third kappa shape index (κ3) is 1.37. The Kier molecular flexibility index (Phi) is 2.44. The SMILES string of the molecule is CC1CCCC(=O)C1CO. The molecule has 10 heavy (non-hydrogen) atoms. The maximum Gasteiger partial charge on any atom is 0.138 e. The van der Waals surface area contributed by atoms with Crippen molar-refractivity contribution in [3.05, 3.63) is 0 Å². The molecule has 1 aliphatic carbocycles. The van der Waals surface area contributed by atoms with Gasteiger partial charge < -0.3 is 5.11 Å². The van der Waals surface area contributed by atoms with Gasteiger partial charge in [-0.3, -0.25) is 4.79 Å². The van der Waals surface area contributed by atoms with Gasteiger partial charge in [0.15, 0.2) is 0 Å². The molecule has 0 saturated heterocycles. The lowest BCUT2D eigenvalue weighted by atomic mass is 9.80. The molecule has 1 saturated carbocycles. The third-order valence-corrected chi connectivity index (χ3v) is 2.38. The van der Waals surface area contributed by atoms with E-state index < -0.39 is 0 Å². The molecule has 0 aromatic heterocycles. The number of carbonyl (C=O) groups is 1. The van der Waals surface area contributed by atoms with Crippen molar-refractivity contribution in [3.8, 4) is 0 Å². The Morgan fingerprint density at radius 1 is 1.70 bits per heavy atom. The van der Waals surface area contributed by atoms with Crippen LogP contribution in [0.1, 0.15) is 26.2 Å². The lowest BCUT2D eigenvalue weighted by Crippen LogP contribution is -2.29. The van der Waals surface area contributed by atoms with E-state index in [1.54, 1.807) is 0 Å². The first-order chi connectivity index (χ1) is 4.75. The number of aliphatic hydroxyl groups is 1. The second-order valence-corrected chi connectivity index (χ2v) is 3.12. The Hall–Kier alpha value is -0.370. The molecule has 2 nitrogen and oxygen atoms in total. The van der Waals surface area contributed by atoms with Crippen LogP contribution in [0.4, 0.5) is 0 Å². The molecule has 58 valence electrons. The van der Waals surface area contributed by atoms with Gasteiger partial charge in [-0.15, -0.1) is 0 Å². The molecule has 0 heterocycles. The van der Waals surface area contributed by atoms with Crippen LogP contribution in [0.15, 0.2) is 0 Å². The molecule has 2 heteroatoms. The zero-order valence-corrected chi connectivity index (χ0v) is 6.34. The lowest BCUT2D eigenvalue weighted by Gasteiger charge is -2.25. The van der Waals surface area contributed by atoms with E-state index in [2.05, 4.69) is 0 Å². The van der Waals surface area contributed by atoms with Gasteiger partial charge in [0.1, 0.15) is 5.78 Å². The molecule has 0 radical (unpaired) electrons. The van der Waals surface area contributed by atoms with Crippen molar-refractivity contribution in [2.75, 3.05) is 6.61 Å². The normalized spacial score (nSPS) is 34.4. The first-order valence-corrected chi connectivity index (χ1v) is 3.89. The van der Waals surface area contributed by atoms with Crippen molar-refractivity contribution in [1.29, 1.82) is 0 Å². The van der Waals surface area contributed by atoms with Gasteiger partial charge in [0.2, 0.25) is 0 Å². The fraction of sp³-hybridized carbons (Fsp3) is 0.875. The minimum atomic E-state index is -0.0613. The van der Waals surface area contributed by atoms with Gasteiger partial charge in [-0.2, -0.15) is 0 Å². The smallest absolute Gasteiger partial charge is 0.138 e. The minimum absolute atomic E-state index is 0.0417. The van der Waals surface area contributed by atoms with Crippen LogP contribution in [0.3, 0.4) is 0 Å². The van der Waals surface area contributed by atoms with Crippen LogP contribution in [0.2, 0.25) is 0 Å². The van der Waals surface area contributed by atoms with E-state index >= 15 is 0 Å². The van der Waals surface area contributed by atoms with Crippen molar-refractivity contribution in [2.24, 2.45) is 11.8 Å². The van der Waals surface area contributed by atoms with E-state index in [0.717, 1.165) is 12.8 Å². The number of carbonyl (C=O) groups excluding carboxylic acids is 1. The Morgan fingerprint density at radius 2 is 2.40 bits per heavy atom. The topological polar surface area (TPSA) is 37.3 Å². The Labute approximate surface area is 61.2 Å². The highest BCUT2D eigenvalue weighted by Crippen LogP contribution is 2.25. The van der Waals surface area contributed by atoms with Crippen molar-refractivity contribution in [1.82, 2.24) is 0 Å². The number of hydrogen-bond acceptors (Lipinski definition) is 2. The molecular weight excluding hydrogens is 128 g/mol. The standard InChI is InChI=1S/C8H14O2/c1-6-3-2-4-8(10)7(6)5-9/h6-7,9H,2-5H2,1H3. The van der Waals surface area contributed by atoms with Crippen LogP contribution in [0.25, 0.3) is 0 Å². The van der Waals surface area contributed by atoms with Crippen LogP contribution in [0.5, 0.6) is 0 Å². The summed E-state index contributed by atoms with van der Waals surface area (Å²) in [4.78, 5) is 11.1. The zero-order chi connectivity index (χ0) is 7.56. The van der Waals surface area contributed by atoms with E-state index in [0.29, 0.717) is 12.3 Å². The lowest BCUT2D eigenvalue weighted by molar-refractivity contribution is -0.127. The molecule has 2 atom stereocenters. The molecule has 0 aromatic carbocycles. The average molecular weight is 142 g/mol. The molecule has 1 rings (SSSR count). The van der Waals surface area contributed by atoms with Crippen LogP contribution in [-0.2, 0) is 4.79 Å². The molecule has 0 aliphatic heterocycles. The number of Topliss-reactive ketones (excluding diaryl/α,β-unsaturated/α-hetero) is 1. The van der Waals surface area contributed by atoms with Gasteiger partial charge in [0.25, 0.3) is 0 Å². The molecule has 1 N–H and O–H groups in total. The van der Waals surface area contributed by atoms with Crippen LogP contribution in [-0.4, -0.2) is 17.5 Å². The van der Waals surface area contributed by atoms with E-state index in [1.165, 1.54) is 0 Å². The molecule has 1 fully saturated rings. The van der Waals surface area contributed by atoms with Crippen LogP contribution < -0.4 is 0 Å². The molecule has 0 bridgehead atoms. The Balaban J connectivity index is 2.53. The zero-order valence-electron chi connectivity index (χ0n) is 6.34. The molecule has 0 spiro atoms.